The summed E-state index contributed by atoms with van der Waals surface area (Å²) in [5.41, 5.74) is 6.52. The van der Waals surface area contributed by atoms with Crippen molar-refractivity contribution >= 4 is 22.6 Å². The lowest BCUT2D eigenvalue weighted by molar-refractivity contribution is 0.916. The Morgan fingerprint density at radius 3 is 2.82 bits per heavy atom. The van der Waals surface area contributed by atoms with E-state index >= 15 is 0 Å². The molecule has 3 aromatic heterocycles. The predicted molar refractivity (Wildman–Crippen MR) is 114 cm³/mol. The van der Waals surface area contributed by atoms with Gasteiger partial charge in [0.25, 0.3) is 5.56 Å². The van der Waals surface area contributed by atoms with E-state index in [9.17, 15) is 4.79 Å². The molecule has 28 heavy (non-hydrogen) atoms. The van der Waals surface area contributed by atoms with Crippen LogP contribution in [-0.2, 0) is 13.5 Å². The minimum absolute atomic E-state index is 0.0145. The van der Waals surface area contributed by atoms with Gasteiger partial charge in [0.05, 0.1) is 29.6 Å². The summed E-state index contributed by atoms with van der Waals surface area (Å²) in [5.74, 6) is 0. The SMILES string of the molecule is CCc1cc2ccc(/C(C)=C/c3cccc(-c4cncn4C)n3)cc2[nH]c1=O. The molecular formula is C23H22N4O. The fourth-order valence-electron chi connectivity index (χ4n) is 3.34. The Hall–Kier alpha value is -3.47. The van der Waals surface area contributed by atoms with Gasteiger partial charge in [-0.1, -0.05) is 25.1 Å². The van der Waals surface area contributed by atoms with Crippen LogP contribution in [0.5, 0.6) is 0 Å². The second-order valence-corrected chi connectivity index (χ2v) is 6.94. The van der Waals surface area contributed by atoms with Crippen LogP contribution in [0.15, 0.2) is 59.8 Å². The fraction of sp³-hybridized carbons (Fsp3) is 0.174. The molecule has 0 saturated carbocycles. The van der Waals surface area contributed by atoms with Crippen molar-refractivity contribution in [3.05, 3.63) is 82.2 Å². The Labute approximate surface area is 163 Å². The molecule has 0 spiro atoms. The molecule has 0 atom stereocenters. The van der Waals surface area contributed by atoms with Gasteiger partial charge in [-0.05, 0) is 60.2 Å². The van der Waals surface area contributed by atoms with Crippen molar-refractivity contribution in [1.29, 1.82) is 0 Å². The number of benzene rings is 1. The number of H-pyrrole nitrogens is 1. The van der Waals surface area contributed by atoms with Crippen LogP contribution >= 0.6 is 0 Å². The van der Waals surface area contributed by atoms with Gasteiger partial charge in [-0.15, -0.1) is 0 Å². The van der Waals surface area contributed by atoms with Crippen LogP contribution in [0.2, 0.25) is 0 Å². The largest absolute Gasteiger partial charge is 0.332 e. The zero-order valence-corrected chi connectivity index (χ0v) is 16.2. The first-order chi connectivity index (χ1) is 13.5. The predicted octanol–water partition coefficient (Wildman–Crippen LogP) is 4.45. The number of aromatic amines is 1. The molecule has 4 rings (SSSR count). The zero-order chi connectivity index (χ0) is 19.7. The van der Waals surface area contributed by atoms with Crippen LogP contribution < -0.4 is 5.56 Å². The third kappa shape index (κ3) is 3.39. The molecular weight excluding hydrogens is 348 g/mol. The normalized spacial score (nSPS) is 11.9. The number of aromatic nitrogens is 4. The first kappa shape index (κ1) is 17.9. The molecule has 0 aliphatic heterocycles. The van der Waals surface area contributed by atoms with Gasteiger partial charge in [-0.2, -0.15) is 0 Å². The minimum Gasteiger partial charge on any atom is -0.332 e. The van der Waals surface area contributed by atoms with Crippen LogP contribution in [0.1, 0.15) is 30.7 Å². The number of imidazole rings is 1. The Kier molecular flexibility index (Phi) is 4.65. The van der Waals surface area contributed by atoms with Crippen LogP contribution in [0.4, 0.5) is 0 Å². The standard InChI is InChI=1S/C23H22N4O/c1-4-16-11-18-9-8-17(12-21(18)26-23(16)28)15(2)10-19-6-5-7-20(25-19)22-13-24-14-27(22)3/h5-14H,4H2,1-3H3,(H,26,28)/b15-10+. The average molecular weight is 370 g/mol. The van der Waals surface area contributed by atoms with E-state index in [-0.39, 0.29) is 5.56 Å². The highest BCUT2D eigenvalue weighted by atomic mass is 16.1. The van der Waals surface area contributed by atoms with Crippen LogP contribution in [0.3, 0.4) is 0 Å². The van der Waals surface area contributed by atoms with Gasteiger partial charge in [0, 0.05) is 18.1 Å². The molecule has 0 radical (unpaired) electrons. The molecule has 4 aromatic rings. The number of allylic oxidation sites excluding steroid dienone is 1. The monoisotopic (exact) mass is 370 g/mol. The summed E-state index contributed by atoms with van der Waals surface area (Å²) >= 11 is 0. The van der Waals surface area contributed by atoms with E-state index in [0.717, 1.165) is 51.1 Å². The lowest BCUT2D eigenvalue weighted by Gasteiger charge is -2.07. The Bertz CT molecular complexity index is 1250. The minimum atomic E-state index is -0.0145. The van der Waals surface area contributed by atoms with Crippen molar-refractivity contribution < 1.29 is 0 Å². The Morgan fingerprint density at radius 2 is 2.07 bits per heavy atom. The smallest absolute Gasteiger partial charge is 0.251 e. The van der Waals surface area contributed by atoms with Crippen LogP contribution in [0.25, 0.3) is 33.9 Å². The van der Waals surface area contributed by atoms with Crippen molar-refractivity contribution in [3.8, 4) is 11.4 Å². The summed E-state index contributed by atoms with van der Waals surface area (Å²) in [5, 5.41) is 1.05. The highest BCUT2D eigenvalue weighted by Gasteiger charge is 2.06. The number of rotatable bonds is 4. The third-order valence-electron chi connectivity index (χ3n) is 4.97. The second kappa shape index (κ2) is 7.27. The van der Waals surface area contributed by atoms with E-state index < -0.39 is 0 Å². The molecule has 5 nitrogen and oxygen atoms in total. The maximum Gasteiger partial charge on any atom is 0.251 e. The summed E-state index contributed by atoms with van der Waals surface area (Å²) in [7, 11) is 1.96. The van der Waals surface area contributed by atoms with Crippen molar-refractivity contribution in [1.82, 2.24) is 19.5 Å². The molecule has 1 aromatic carbocycles. The van der Waals surface area contributed by atoms with Crippen molar-refractivity contribution in [2.75, 3.05) is 0 Å². The van der Waals surface area contributed by atoms with Gasteiger partial charge < -0.3 is 9.55 Å². The summed E-state index contributed by atoms with van der Waals surface area (Å²) < 4.78 is 1.95. The number of aryl methyl sites for hydroxylation is 2. The van der Waals surface area contributed by atoms with Crippen molar-refractivity contribution in [2.45, 2.75) is 20.3 Å². The van der Waals surface area contributed by atoms with Crippen LogP contribution in [0, 0.1) is 0 Å². The lowest BCUT2D eigenvalue weighted by atomic mass is 10.0. The van der Waals surface area contributed by atoms with E-state index in [1.54, 1.807) is 6.33 Å². The molecule has 0 aliphatic carbocycles. The Balaban J connectivity index is 1.71. The van der Waals surface area contributed by atoms with Gasteiger partial charge in [-0.25, -0.2) is 9.97 Å². The molecule has 3 heterocycles. The quantitative estimate of drug-likeness (QED) is 0.577. The molecule has 0 fully saturated rings. The van der Waals surface area contributed by atoms with Gasteiger partial charge in [0.2, 0.25) is 0 Å². The first-order valence-electron chi connectivity index (χ1n) is 9.33. The van der Waals surface area contributed by atoms with E-state index in [1.807, 2.05) is 55.1 Å². The summed E-state index contributed by atoms with van der Waals surface area (Å²) in [6.45, 7) is 4.04. The van der Waals surface area contributed by atoms with Crippen molar-refractivity contribution in [3.63, 3.8) is 0 Å². The van der Waals surface area contributed by atoms with Crippen LogP contribution in [-0.4, -0.2) is 19.5 Å². The number of nitrogens with zero attached hydrogens (tertiary/aromatic N) is 3. The molecule has 0 unspecified atom stereocenters. The summed E-state index contributed by atoms with van der Waals surface area (Å²) in [6.07, 6.45) is 6.36. The molecule has 140 valence electrons. The molecule has 0 amide bonds. The highest BCUT2D eigenvalue weighted by molar-refractivity contribution is 5.87. The zero-order valence-electron chi connectivity index (χ0n) is 16.2. The second-order valence-electron chi connectivity index (χ2n) is 6.94. The fourth-order valence-corrected chi connectivity index (χ4v) is 3.34. The number of nitrogens with one attached hydrogen (secondary N) is 1. The first-order valence-corrected chi connectivity index (χ1v) is 9.33. The van der Waals surface area contributed by atoms with E-state index in [2.05, 4.69) is 35.1 Å². The third-order valence-corrected chi connectivity index (χ3v) is 4.97. The van der Waals surface area contributed by atoms with E-state index in [0.29, 0.717) is 0 Å². The maximum absolute atomic E-state index is 12.1. The highest BCUT2D eigenvalue weighted by Crippen LogP contribution is 2.23. The number of hydrogen-bond acceptors (Lipinski definition) is 3. The number of fused-ring (bicyclic) bond motifs is 1. The number of hydrogen-bond donors (Lipinski definition) is 1. The molecule has 0 saturated heterocycles. The summed E-state index contributed by atoms with van der Waals surface area (Å²) in [6, 6.07) is 14.1. The Morgan fingerprint density at radius 1 is 1.21 bits per heavy atom. The van der Waals surface area contributed by atoms with E-state index in [4.69, 9.17) is 4.98 Å². The number of pyridine rings is 2. The van der Waals surface area contributed by atoms with E-state index in [1.165, 1.54) is 0 Å². The molecule has 5 heteroatoms. The molecule has 0 bridgehead atoms. The van der Waals surface area contributed by atoms with Gasteiger partial charge >= 0.3 is 0 Å². The molecule has 0 aliphatic rings. The average Bonchev–Trinajstić information content (AvgIpc) is 3.13. The molecule has 1 N–H and O–H groups in total. The maximum atomic E-state index is 12.1. The topological polar surface area (TPSA) is 63.6 Å². The van der Waals surface area contributed by atoms with Gasteiger partial charge in [-0.3, -0.25) is 4.79 Å². The van der Waals surface area contributed by atoms with Crippen molar-refractivity contribution in [2.24, 2.45) is 7.05 Å². The van der Waals surface area contributed by atoms with Gasteiger partial charge in [0.15, 0.2) is 0 Å². The summed E-state index contributed by atoms with van der Waals surface area (Å²) in [4.78, 5) is 24.0. The van der Waals surface area contributed by atoms with Gasteiger partial charge in [0.1, 0.15) is 0 Å². The lowest BCUT2D eigenvalue weighted by Crippen LogP contribution is -2.11.